The highest BCUT2D eigenvalue weighted by Crippen LogP contribution is 2.32. The molecule has 1 saturated heterocycles. The van der Waals surface area contributed by atoms with Crippen LogP contribution in [-0.2, 0) is 10.2 Å². The van der Waals surface area contributed by atoms with Crippen molar-refractivity contribution in [2.24, 2.45) is 0 Å². The molecule has 0 aliphatic carbocycles. The average molecular weight is 270 g/mol. The Morgan fingerprint density at radius 1 is 1.39 bits per heavy atom. The molecule has 1 aliphatic rings. The fourth-order valence-electron chi connectivity index (χ4n) is 2.18. The minimum absolute atomic E-state index is 0.172. The van der Waals surface area contributed by atoms with Crippen LogP contribution >= 0.6 is 0 Å². The van der Waals surface area contributed by atoms with Gasteiger partial charge in [0.15, 0.2) is 0 Å². The summed E-state index contributed by atoms with van der Waals surface area (Å²) in [6, 6.07) is 1.61. The van der Waals surface area contributed by atoms with Crippen LogP contribution in [-0.4, -0.2) is 47.6 Å². The highest BCUT2D eigenvalue weighted by Gasteiger charge is 2.35. The molecule has 0 spiro atoms. The van der Waals surface area contributed by atoms with Crippen LogP contribution in [0.5, 0.6) is 0 Å². The molecule has 1 aromatic heterocycles. The second-order valence-corrected chi connectivity index (χ2v) is 6.64. The molecule has 0 radical (unpaired) electrons. The van der Waals surface area contributed by atoms with Gasteiger partial charge in [-0.25, -0.2) is 9.97 Å². The molecule has 1 aromatic rings. The lowest BCUT2D eigenvalue weighted by atomic mass is 10.0. The van der Waals surface area contributed by atoms with Gasteiger partial charge in [0.05, 0.1) is 11.7 Å². The Kier molecular flexibility index (Phi) is 3.94. The monoisotopic (exact) mass is 270 g/mol. The number of hydrogen-bond acceptors (Lipinski definition) is 4. The highest BCUT2D eigenvalue weighted by atomic mass is 32.2. The lowest BCUT2D eigenvalue weighted by Gasteiger charge is -2.35. The van der Waals surface area contributed by atoms with Crippen LogP contribution in [0.1, 0.15) is 31.0 Å². The Morgan fingerprint density at radius 3 is 2.78 bits per heavy atom. The Bertz CT molecular complexity index is 489. The van der Waals surface area contributed by atoms with Crippen molar-refractivity contribution in [3.05, 3.63) is 24.3 Å². The number of rotatable bonds is 3. The minimum Gasteiger partial charge on any atom is -0.245 e. The van der Waals surface area contributed by atoms with Crippen LogP contribution in [0.4, 0.5) is 0 Å². The molecule has 1 unspecified atom stereocenters. The van der Waals surface area contributed by atoms with Gasteiger partial charge in [-0.2, -0.15) is 17.0 Å². The van der Waals surface area contributed by atoms with Gasteiger partial charge in [0, 0.05) is 26.8 Å². The van der Waals surface area contributed by atoms with Crippen LogP contribution in [0.3, 0.4) is 0 Å². The van der Waals surface area contributed by atoms with Crippen LogP contribution in [0.15, 0.2) is 18.6 Å². The molecule has 2 rings (SSSR count). The van der Waals surface area contributed by atoms with Gasteiger partial charge < -0.3 is 0 Å². The third-order valence-electron chi connectivity index (χ3n) is 3.16. The molecule has 100 valence electrons. The van der Waals surface area contributed by atoms with Crippen LogP contribution in [0.25, 0.3) is 0 Å². The van der Waals surface area contributed by atoms with E-state index in [0.717, 1.165) is 25.0 Å². The smallest absolute Gasteiger partial charge is 0.245 e. The Morgan fingerprint density at radius 2 is 2.17 bits per heavy atom. The topological polar surface area (TPSA) is 66.4 Å². The largest absolute Gasteiger partial charge is 0.282 e. The van der Waals surface area contributed by atoms with E-state index in [-0.39, 0.29) is 6.04 Å². The van der Waals surface area contributed by atoms with E-state index in [1.54, 1.807) is 30.7 Å². The minimum atomic E-state index is -3.39. The molecule has 0 amide bonds. The van der Waals surface area contributed by atoms with Crippen molar-refractivity contribution < 1.29 is 8.42 Å². The summed E-state index contributed by atoms with van der Waals surface area (Å²) in [4.78, 5) is 8.06. The van der Waals surface area contributed by atoms with Crippen molar-refractivity contribution in [3.63, 3.8) is 0 Å². The summed E-state index contributed by atoms with van der Waals surface area (Å²) in [6.07, 6.45) is 5.84. The molecule has 0 bridgehead atoms. The van der Waals surface area contributed by atoms with E-state index in [0.29, 0.717) is 6.54 Å². The fraction of sp³-hybridized carbons (Fsp3) is 0.636. The van der Waals surface area contributed by atoms with Gasteiger partial charge in [0.25, 0.3) is 10.2 Å². The van der Waals surface area contributed by atoms with Gasteiger partial charge in [-0.1, -0.05) is 6.42 Å². The third-order valence-corrected chi connectivity index (χ3v) is 5.11. The summed E-state index contributed by atoms with van der Waals surface area (Å²) in [5.41, 5.74) is 0.773. The lowest BCUT2D eigenvalue weighted by Crippen LogP contribution is -2.44. The van der Waals surface area contributed by atoms with Crippen molar-refractivity contribution in [3.8, 4) is 0 Å². The molecule has 1 atom stereocenters. The first-order valence-electron chi connectivity index (χ1n) is 5.98. The second-order valence-electron chi connectivity index (χ2n) is 4.55. The highest BCUT2D eigenvalue weighted by molar-refractivity contribution is 7.86. The summed E-state index contributed by atoms with van der Waals surface area (Å²) in [5, 5.41) is 0. The molecule has 7 heteroatoms. The van der Waals surface area contributed by atoms with Crippen LogP contribution < -0.4 is 0 Å². The number of nitrogens with zero attached hydrogens (tertiary/aromatic N) is 4. The normalized spacial score (nSPS) is 22.3. The molecule has 18 heavy (non-hydrogen) atoms. The average Bonchev–Trinajstić information content (AvgIpc) is 2.39. The van der Waals surface area contributed by atoms with Gasteiger partial charge in [-0.3, -0.25) is 0 Å². The van der Waals surface area contributed by atoms with Crippen molar-refractivity contribution in [1.29, 1.82) is 0 Å². The van der Waals surface area contributed by atoms with E-state index in [2.05, 4.69) is 9.97 Å². The molecular formula is C11H18N4O2S. The van der Waals surface area contributed by atoms with E-state index in [4.69, 9.17) is 0 Å². The molecule has 0 N–H and O–H groups in total. The summed E-state index contributed by atoms with van der Waals surface area (Å²) >= 11 is 0. The number of aromatic nitrogens is 2. The Hall–Kier alpha value is -1.05. The molecule has 1 aliphatic heterocycles. The predicted octanol–water partition coefficient (Wildman–Crippen LogP) is 0.810. The molecule has 6 nitrogen and oxygen atoms in total. The van der Waals surface area contributed by atoms with E-state index in [9.17, 15) is 8.42 Å². The van der Waals surface area contributed by atoms with Crippen LogP contribution in [0, 0.1) is 0 Å². The van der Waals surface area contributed by atoms with Crippen LogP contribution in [0.2, 0.25) is 0 Å². The first-order valence-corrected chi connectivity index (χ1v) is 7.38. The Labute approximate surface area is 108 Å². The first-order chi connectivity index (χ1) is 8.53. The standard InChI is InChI=1S/C11H18N4O2S/c1-14(2)18(16,17)15-8-4-3-5-11(15)10-6-7-12-9-13-10/h6-7,9,11H,3-5,8H2,1-2H3. The lowest BCUT2D eigenvalue weighted by molar-refractivity contribution is 0.238. The molecule has 0 saturated carbocycles. The summed E-state index contributed by atoms with van der Waals surface area (Å²) in [6.45, 7) is 0.551. The van der Waals surface area contributed by atoms with Crippen molar-refractivity contribution in [2.45, 2.75) is 25.3 Å². The van der Waals surface area contributed by atoms with Crippen molar-refractivity contribution >= 4 is 10.2 Å². The van der Waals surface area contributed by atoms with Crippen molar-refractivity contribution in [2.75, 3.05) is 20.6 Å². The SMILES string of the molecule is CN(C)S(=O)(=O)N1CCCCC1c1ccncn1. The maximum Gasteiger partial charge on any atom is 0.282 e. The van der Waals surface area contributed by atoms with Gasteiger partial charge >= 0.3 is 0 Å². The zero-order valence-electron chi connectivity index (χ0n) is 10.7. The summed E-state index contributed by atoms with van der Waals surface area (Å²) in [7, 11) is -0.278. The van der Waals surface area contributed by atoms with E-state index >= 15 is 0 Å². The van der Waals surface area contributed by atoms with Gasteiger partial charge in [-0.05, 0) is 18.9 Å². The predicted molar refractivity (Wildman–Crippen MR) is 67.9 cm³/mol. The first kappa shape index (κ1) is 13.4. The van der Waals surface area contributed by atoms with Crippen molar-refractivity contribution in [1.82, 2.24) is 18.6 Å². The van der Waals surface area contributed by atoms with Gasteiger partial charge in [0.2, 0.25) is 0 Å². The zero-order valence-corrected chi connectivity index (χ0v) is 11.5. The molecule has 1 fully saturated rings. The van der Waals surface area contributed by atoms with E-state index in [1.165, 1.54) is 10.6 Å². The summed E-state index contributed by atoms with van der Waals surface area (Å²) < 4.78 is 27.4. The van der Waals surface area contributed by atoms with Gasteiger partial charge in [0.1, 0.15) is 6.33 Å². The summed E-state index contributed by atoms with van der Waals surface area (Å²) in [5.74, 6) is 0. The van der Waals surface area contributed by atoms with E-state index < -0.39 is 10.2 Å². The fourth-order valence-corrected chi connectivity index (χ4v) is 3.50. The quantitative estimate of drug-likeness (QED) is 0.815. The molecular weight excluding hydrogens is 252 g/mol. The van der Waals surface area contributed by atoms with Gasteiger partial charge in [-0.15, -0.1) is 0 Å². The second kappa shape index (κ2) is 5.29. The molecule has 0 aromatic carbocycles. The van der Waals surface area contributed by atoms with E-state index in [1.807, 2.05) is 0 Å². The number of piperidine rings is 1. The maximum absolute atomic E-state index is 12.3. The third kappa shape index (κ3) is 2.52. The maximum atomic E-state index is 12.3. The Balaban J connectivity index is 2.33. The molecule has 2 heterocycles. The zero-order chi connectivity index (χ0) is 13.2. The number of hydrogen-bond donors (Lipinski definition) is 0.